The van der Waals surface area contributed by atoms with Gasteiger partial charge in [-0.2, -0.15) is 0 Å². The molecule has 0 aliphatic carbocycles. The van der Waals surface area contributed by atoms with Crippen molar-refractivity contribution < 1.29 is 14.3 Å². The van der Waals surface area contributed by atoms with E-state index < -0.39 is 6.03 Å². The Kier molecular flexibility index (Phi) is 6.46. The predicted octanol–water partition coefficient (Wildman–Crippen LogP) is 4.38. The van der Waals surface area contributed by atoms with Crippen LogP contribution in [0.4, 0.5) is 15.6 Å². The molecule has 0 bridgehead atoms. The number of aromatic nitrogens is 1. The highest BCUT2D eigenvalue weighted by Crippen LogP contribution is 2.19. The summed E-state index contributed by atoms with van der Waals surface area (Å²) in [5, 5.41) is 10.4. The minimum atomic E-state index is -0.474. The van der Waals surface area contributed by atoms with E-state index in [1.165, 1.54) is 0 Å². The Hall–Kier alpha value is -3.10. The second kappa shape index (κ2) is 9.20. The van der Waals surface area contributed by atoms with Crippen molar-refractivity contribution in [1.29, 1.82) is 0 Å². The number of benzene rings is 2. The van der Waals surface area contributed by atoms with Gasteiger partial charge in [-0.1, -0.05) is 35.9 Å². The number of rotatable bonds is 6. The van der Waals surface area contributed by atoms with Crippen molar-refractivity contribution in [3.8, 4) is 5.75 Å². The molecule has 3 N–H and O–H groups in total. The number of thiazole rings is 1. The number of hydrogen-bond acceptors (Lipinski definition) is 5. The molecule has 2 aromatic carbocycles. The van der Waals surface area contributed by atoms with Crippen LogP contribution >= 0.6 is 22.9 Å². The molecule has 1 heterocycles. The molecule has 144 valence electrons. The van der Waals surface area contributed by atoms with Gasteiger partial charge >= 0.3 is 6.03 Å². The second-order valence-electron chi connectivity index (χ2n) is 5.62. The van der Waals surface area contributed by atoms with Crippen molar-refractivity contribution in [1.82, 2.24) is 10.3 Å². The Bertz CT molecular complexity index is 993. The molecule has 3 aromatic rings. The van der Waals surface area contributed by atoms with Crippen LogP contribution in [0.1, 0.15) is 16.1 Å². The van der Waals surface area contributed by atoms with Crippen LogP contribution in [0.15, 0.2) is 53.9 Å². The van der Waals surface area contributed by atoms with Crippen molar-refractivity contribution in [3.05, 3.63) is 70.2 Å². The van der Waals surface area contributed by atoms with Crippen molar-refractivity contribution in [2.75, 3.05) is 17.7 Å². The fraction of sp³-hybridized carbons (Fsp3) is 0.105. The molecule has 7 nitrogen and oxygen atoms in total. The lowest BCUT2D eigenvalue weighted by atomic mass is 10.2. The summed E-state index contributed by atoms with van der Waals surface area (Å²) in [4.78, 5) is 28.5. The van der Waals surface area contributed by atoms with E-state index in [4.69, 9.17) is 16.3 Å². The Balaban J connectivity index is 1.55. The van der Waals surface area contributed by atoms with E-state index in [0.717, 1.165) is 16.9 Å². The Morgan fingerprint density at radius 3 is 2.75 bits per heavy atom. The molecule has 1 aromatic heterocycles. The maximum atomic E-state index is 12.3. The number of para-hydroxylation sites is 1. The van der Waals surface area contributed by atoms with Gasteiger partial charge in [-0.05, 0) is 24.3 Å². The SMILES string of the molecule is COc1ccccc1CNC(=O)c1csc(NC(=O)Nc2cccc(Cl)c2)n1. The Morgan fingerprint density at radius 1 is 1.14 bits per heavy atom. The van der Waals surface area contributed by atoms with Gasteiger partial charge in [0.1, 0.15) is 11.4 Å². The van der Waals surface area contributed by atoms with Crippen LogP contribution in [-0.4, -0.2) is 24.0 Å². The molecule has 9 heteroatoms. The molecule has 3 rings (SSSR count). The number of halogens is 1. The quantitative estimate of drug-likeness (QED) is 0.556. The van der Waals surface area contributed by atoms with E-state index >= 15 is 0 Å². The number of amides is 3. The molecule has 0 saturated carbocycles. The van der Waals surface area contributed by atoms with Crippen LogP contribution in [0, 0.1) is 0 Å². The van der Waals surface area contributed by atoms with E-state index in [9.17, 15) is 9.59 Å². The molecule has 0 aliphatic rings. The highest BCUT2D eigenvalue weighted by Gasteiger charge is 2.13. The average molecular weight is 417 g/mol. The van der Waals surface area contributed by atoms with Gasteiger partial charge in [0.15, 0.2) is 5.13 Å². The summed E-state index contributed by atoms with van der Waals surface area (Å²) < 4.78 is 5.26. The van der Waals surface area contributed by atoms with Crippen molar-refractivity contribution >= 4 is 45.7 Å². The first kappa shape index (κ1) is 19.7. The highest BCUT2D eigenvalue weighted by atomic mass is 35.5. The number of ether oxygens (including phenoxy) is 1. The highest BCUT2D eigenvalue weighted by molar-refractivity contribution is 7.14. The lowest BCUT2D eigenvalue weighted by molar-refractivity contribution is 0.0946. The van der Waals surface area contributed by atoms with E-state index in [-0.39, 0.29) is 11.6 Å². The molecular weight excluding hydrogens is 400 g/mol. The standard InChI is InChI=1S/C19H17ClN4O3S/c1-27-16-8-3-2-5-12(16)10-21-17(25)15-11-28-19(23-15)24-18(26)22-14-7-4-6-13(20)9-14/h2-9,11H,10H2,1H3,(H,21,25)(H2,22,23,24,26). The second-order valence-corrected chi connectivity index (χ2v) is 6.92. The molecule has 0 unspecified atom stereocenters. The summed E-state index contributed by atoms with van der Waals surface area (Å²) >= 11 is 7.04. The summed E-state index contributed by atoms with van der Waals surface area (Å²) in [5.74, 6) is 0.353. The van der Waals surface area contributed by atoms with E-state index in [2.05, 4.69) is 20.9 Å². The Labute approximate surface area is 170 Å². The zero-order chi connectivity index (χ0) is 19.9. The number of nitrogens with one attached hydrogen (secondary N) is 3. The van der Waals surface area contributed by atoms with Gasteiger partial charge in [0, 0.05) is 28.2 Å². The van der Waals surface area contributed by atoms with E-state index in [0.29, 0.717) is 28.1 Å². The molecule has 0 radical (unpaired) electrons. The summed E-state index contributed by atoms with van der Waals surface area (Å²) in [6.07, 6.45) is 0. The van der Waals surface area contributed by atoms with Gasteiger partial charge in [0.05, 0.1) is 7.11 Å². The van der Waals surface area contributed by atoms with Gasteiger partial charge in [-0.15, -0.1) is 11.3 Å². The normalized spacial score (nSPS) is 10.2. The Morgan fingerprint density at radius 2 is 1.96 bits per heavy atom. The molecular formula is C19H17ClN4O3S. The molecule has 0 aliphatic heterocycles. The third-order valence-electron chi connectivity index (χ3n) is 3.67. The van der Waals surface area contributed by atoms with Gasteiger partial charge in [-0.3, -0.25) is 10.1 Å². The first-order valence-corrected chi connectivity index (χ1v) is 9.50. The summed E-state index contributed by atoms with van der Waals surface area (Å²) in [7, 11) is 1.58. The lowest BCUT2D eigenvalue weighted by Crippen LogP contribution is -2.24. The zero-order valence-electron chi connectivity index (χ0n) is 14.9. The largest absolute Gasteiger partial charge is 0.496 e. The summed E-state index contributed by atoms with van der Waals surface area (Å²) in [6, 6.07) is 13.7. The minimum Gasteiger partial charge on any atom is -0.496 e. The first-order chi connectivity index (χ1) is 13.5. The third-order valence-corrected chi connectivity index (χ3v) is 4.66. The summed E-state index contributed by atoms with van der Waals surface area (Å²) in [6.45, 7) is 0.304. The number of urea groups is 1. The van der Waals surface area contributed by atoms with Crippen LogP contribution < -0.4 is 20.7 Å². The number of nitrogens with zero attached hydrogens (tertiary/aromatic N) is 1. The number of hydrogen-bond donors (Lipinski definition) is 3. The molecule has 0 saturated heterocycles. The topological polar surface area (TPSA) is 92.4 Å². The van der Waals surface area contributed by atoms with E-state index in [1.54, 1.807) is 36.8 Å². The van der Waals surface area contributed by atoms with Gasteiger partial charge in [0.25, 0.3) is 5.91 Å². The average Bonchev–Trinajstić information content (AvgIpc) is 3.14. The van der Waals surface area contributed by atoms with Gasteiger partial charge in [-0.25, -0.2) is 9.78 Å². The van der Waals surface area contributed by atoms with Crippen molar-refractivity contribution in [2.45, 2.75) is 6.54 Å². The van der Waals surface area contributed by atoms with Crippen LogP contribution in [-0.2, 0) is 6.54 Å². The minimum absolute atomic E-state index is 0.220. The molecule has 3 amide bonds. The molecule has 0 fully saturated rings. The number of carbonyl (C=O) groups excluding carboxylic acids is 2. The van der Waals surface area contributed by atoms with Crippen molar-refractivity contribution in [3.63, 3.8) is 0 Å². The smallest absolute Gasteiger partial charge is 0.325 e. The van der Waals surface area contributed by atoms with Gasteiger partial charge < -0.3 is 15.4 Å². The molecule has 0 spiro atoms. The number of methoxy groups -OCH3 is 1. The zero-order valence-corrected chi connectivity index (χ0v) is 16.4. The first-order valence-electron chi connectivity index (χ1n) is 8.24. The van der Waals surface area contributed by atoms with Crippen LogP contribution in [0.25, 0.3) is 0 Å². The third kappa shape index (κ3) is 5.21. The number of anilines is 2. The van der Waals surface area contributed by atoms with E-state index in [1.807, 2.05) is 24.3 Å². The van der Waals surface area contributed by atoms with Crippen LogP contribution in [0.3, 0.4) is 0 Å². The fourth-order valence-electron chi connectivity index (χ4n) is 2.38. The van der Waals surface area contributed by atoms with Crippen LogP contribution in [0.5, 0.6) is 5.75 Å². The molecule has 28 heavy (non-hydrogen) atoms. The van der Waals surface area contributed by atoms with Gasteiger partial charge in [0.2, 0.25) is 0 Å². The molecule has 0 atom stereocenters. The summed E-state index contributed by atoms with van der Waals surface area (Å²) in [5.41, 5.74) is 1.63. The fourth-order valence-corrected chi connectivity index (χ4v) is 3.25. The monoisotopic (exact) mass is 416 g/mol. The maximum absolute atomic E-state index is 12.3. The van der Waals surface area contributed by atoms with Crippen LogP contribution in [0.2, 0.25) is 5.02 Å². The lowest BCUT2D eigenvalue weighted by Gasteiger charge is -2.08. The number of carbonyl (C=O) groups is 2. The maximum Gasteiger partial charge on any atom is 0.325 e. The predicted molar refractivity (Wildman–Crippen MR) is 110 cm³/mol. The van der Waals surface area contributed by atoms with Crippen molar-refractivity contribution in [2.24, 2.45) is 0 Å².